The Kier molecular flexibility index (Phi) is 6.60. The summed E-state index contributed by atoms with van der Waals surface area (Å²) in [5.74, 6) is -0.211. The predicted molar refractivity (Wildman–Crippen MR) is 83.0 cm³/mol. The minimum absolute atomic E-state index is 0. The van der Waals surface area contributed by atoms with E-state index in [1.165, 1.54) is 37.1 Å². The zero-order chi connectivity index (χ0) is 14.6. The fourth-order valence-corrected chi connectivity index (χ4v) is 2.30. The van der Waals surface area contributed by atoms with Crippen molar-refractivity contribution in [3.8, 4) is 0 Å². The average Bonchev–Trinajstić information content (AvgIpc) is 3.21. The van der Waals surface area contributed by atoms with Gasteiger partial charge in [-0.2, -0.15) is 0 Å². The number of sulfonamides is 1. The highest BCUT2D eigenvalue weighted by atomic mass is 35.5. The lowest BCUT2D eigenvalue weighted by atomic mass is 10.2. The predicted octanol–water partition coefficient (Wildman–Crippen LogP) is 0.628. The molecule has 4 N–H and O–H groups in total. The van der Waals surface area contributed by atoms with Gasteiger partial charge in [0.15, 0.2) is 0 Å². The van der Waals surface area contributed by atoms with Crippen molar-refractivity contribution < 1.29 is 13.2 Å². The molecule has 1 aliphatic rings. The molecule has 0 spiro atoms. The first-order chi connectivity index (χ1) is 9.47. The highest BCUT2D eigenvalue weighted by Gasteiger charge is 2.19. The van der Waals surface area contributed by atoms with Gasteiger partial charge < -0.3 is 10.6 Å². The molecule has 0 atom stereocenters. The number of nitrogens with one attached hydrogen (secondary N) is 2. The van der Waals surface area contributed by atoms with Crippen LogP contribution in [0, 0.1) is 0 Å². The Morgan fingerprint density at radius 3 is 2.33 bits per heavy atom. The van der Waals surface area contributed by atoms with E-state index in [1.807, 2.05) is 0 Å². The van der Waals surface area contributed by atoms with Gasteiger partial charge in [0.05, 0.1) is 4.90 Å². The van der Waals surface area contributed by atoms with Crippen molar-refractivity contribution in [3.05, 3.63) is 29.8 Å². The number of nitrogens with two attached hydrogens (primary N) is 1. The summed E-state index contributed by atoms with van der Waals surface area (Å²) in [4.78, 5) is 11.8. The molecule has 0 unspecified atom stereocenters. The van der Waals surface area contributed by atoms with E-state index < -0.39 is 10.0 Å². The van der Waals surface area contributed by atoms with Gasteiger partial charge >= 0.3 is 0 Å². The lowest BCUT2D eigenvalue weighted by Crippen LogP contribution is -2.28. The zero-order valence-electron chi connectivity index (χ0n) is 11.5. The van der Waals surface area contributed by atoms with E-state index in [4.69, 9.17) is 5.14 Å². The van der Waals surface area contributed by atoms with Crippen LogP contribution in [0.4, 0.5) is 0 Å². The molecule has 0 radical (unpaired) electrons. The molecule has 1 amide bonds. The van der Waals surface area contributed by atoms with Crippen molar-refractivity contribution in [1.29, 1.82) is 0 Å². The number of carbonyl (C=O) groups is 1. The number of hydrogen-bond acceptors (Lipinski definition) is 4. The van der Waals surface area contributed by atoms with Gasteiger partial charge in [-0.1, -0.05) is 0 Å². The summed E-state index contributed by atoms with van der Waals surface area (Å²) in [6.45, 7) is 1.49. The normalized spacial score (nSPS) is 14.3. The Morgan fingerprint density at radius 1 is 1.19 bits per heavy atom. The lowest BCUT2D eigenvalue weighted by molar-refractivity contribution is 0.0953. The Balaban J connectivity index is 0.00000220. The molecule has 1 aliphatic carbocycles. The van der Waals surface area contributed by atoms with Gasteiger partial charge in [0, 0.05) is 18.2 Å². The van der Waals surface area contributed by atoms with E-state index in [2.05, 4.69) is 10.6 Å². The van der Waals surface area contributed by atoms with E-state index in [1.54, 1.807) is 0 Å². The molecule has 1 fully saturated rings. The van der Waals surface area contributed by atoms with Crippen molar-refractivity contribution in [3.63, 3.8) is 0 Å². The second-order valence-electron chi connectivity index (χ2n) is 4.91. The smallest absolute Gasteiger partial charge is 0.251 e. The van der Waals surface area contributed by atoms with Gasteiger partial charge in [0.1, 0.15) is 0 Å². The van der Waals surface area contributed by atoms with Gasteiger partial charge in [-0.05, 0) is 50.1 Å². The van der Waals surface area contributed by atoms with Crippen molar-refractivity contribution in [2.45, 2.75) is 30.2 Å². The number of amides is 1. The quantitative estimate of drug-likeness (QED) is 0.637. The monoisotopic (exact) mass is 333 g/mol. The molecule has 0 saturated heterocycles. The zero-order valence-corrected chi connectivity index (χ0v) is 13.2. The molecule has 1 saturated carbocycles. The second kappa shape index (κ2) is 7.74. The third kappa shape index (κ3) is 6.01. The third-order valence-corrected chi connectivity index (χ3v) is 4.02. The van der Waals surface area contributed by atoms with Crippen LogP contribution in [-0.4, -0.2) is 33.5 Å². The minimum Gasteiger partial charge on any atom is -0.352 e. The molecular weight excluding hydrogens is 314 g/mol. The van der Waals surface area contributed by atoms with Crippen LogP contribution in [0.5, 0.6) is 0 Å². The largest absolute Gasteiger partial charge is 0.352 e. The Labute approximate surface area is 130 Å². The standard InChI is InChI=1S/C13H19N3O3S.ClH/c14-20(18,19)12-6-2-10(3-7-12)13(17)16-9-1-8-15-11-4-5-11;/h2-3,6-7,11,15H,1,4-5,8-9H2,(H,16,17)(H2,14,18,19);1H. The molecule has 118 valence electrons. The maximum atomic E-state index is 11.8. The Bertz CT molecular complexity index is 571. The molecule has 21 heavy (non-hydrogen) atoms. The van der Waals surface area contributed by atoms with E-state index in [0.29, 0.717) is 18.2 Å². The summed E-state index contributed by atoms with van der Waals surface area (Å²) in [6, 6.07) is 6.25. The van der Waals surface area contributed by atoms with E-state index in [9.17, 15) is 13.2 Å². The Morgan fingerprint density at radius 2 is 1.81 bits per heavy atom. The lowest BCUT2D eigenvalue weighted by Gasteiger charge is -2.06. The number of benzene rings is 1. The topological polar surface area (TPSA) is 101 Å². The van der Waals surface area contributed by atoms with E-state index in [-0.39, 0.29) is 23.2 Å². The molecule has 0 bridgehead atoms. The van der Waals surface area contributed by atoms with Gasteiger partial charge in [-0.15, -0.1) is 12.4 Å². The summed E-state index contributed by atoms with van der Waals surface area (Å²) in [5.41, 5.74) is 0.424. The van der Waals surface area contributed by atoms with Crippen LogP contribution in [0.3, 0.4) is 0 Å². The number of hydrogen-bond donors (Lipinski definition) is 3. The molecule has 0 aliphatic heterocycles. The van der Waals surface area contributed by atoms with E-state index >= 15 is 0 Å². The highest BCUT2D eigenvalue weighted by Crippen LogP contribution is 2.18. The Hall–Kier alpha value is -1.15. The van der Waals surface area contributed by atoms with Gasteiger partial charge in [0.25, 0.3) is 5.91 Å². The van der Waals surface area contributed by atoms with Crippen molar-refractivity contribution in [2.75, 3.05) is 13.1 Å². The van der Waals surface area contributed by atoms with Crippen LogP contribution in [0.1, 0.15) is 29.6 Å². The first kappa shape index (κ1) is 17.9. The van der Waals surface area contributed by atoms with Crippen LogP contribution in [0.2, 0.25) is 0 Å². The van der Waals surface area contributed by atoms with Crippen molar-refractivity contribution in [2.24, 2.45) is 5.14 Å². The maximum Gasteiger partial charge on any atom is 0.251 e. The molecule has 1 aromatic carbocycles. The molecular formula is C13H20ClN3O3S. The number of primary sulfonamides is 1. The van der Waals surface area contributed by atoms with Crippen LogP contribution in [0.15, 0.2) is 29.2 Å². The summed E-state index contributed by atoms with van der Waals surface area (Å²) < 4.78 is 22.2. The minimum atomic E-state index is -3.71. The van der Waals surface area contributed by atoms with Crippen LogP contribution in [0.25, 0.3) is 0 Å². The maximum absolute atomic E-state index is 11.8. The van der Waals surface area contributed by atoms with Gasteiger partial charge in [-0.3, -0.25) is 4.79 Å². The molecule has 0 heterocycles. The molecule has 6 nitrogen and oxygen atoms in total. The summed E-state index contributed by atoms with van der Waals surface area (Å²) in [6.07, 6.45) is 3.38. The van der Waals surface area contributed by atoms with Crippen molar-refractivity contribution in [1.82, 2.24) is 10.6 Å². The van der Waals surface area contributed by atoms with Crippen LogP contribution >= 0.6 is 12.4 Å². The van der Waals surface area contributed by atoms with E-state index in [0.717, 1.165) is 13.0 Å². The third-order valence-electron chi connectivity index (χ3n) is 3.09. The number of halogens is 1. The summed E-state index contributed by atoms with van der Waals surface area (Å²) in [7, 11) is -3.71. The summed E-state index contributed by atoms with van der Waals surface area (Å²) in [5, 5.41) is 11.1. The molecule has 8 heteroatoms. The molecule has 0 aromatic heterocycles. The van der Waals surface area contributed by atoms with Crippen LogP contribution in [-0.2, 0) is 10.0 Å². The fraction of sp³-hybridized carbons (Fsp3) is 0.462. The fourth-order valence-electron chi connectivity index (χ4n) is 1.78. The van der Waals surface area contributed by atoms with Gasteiger partial charge in [0.2, 0.25) is 10.0 Å². The highest BCUT2D eigenvalue weighted by molar-refractivity contribution is 7.89. The average molecular weight is 334 g/mol. The molecule has 1 aromatic rings. The second-order valence-corrected chi connectivity index (χ2v) is 6.47. The number of rotatable bonds is 7. The first-order valence-electron chi connectivity index (χ1n) is 6.61. The first-order valence-corrected chi connectivity index (χ1v) is 8.16. The van der Waals surface area contributed by atoms with Gasteiger partial charge in [-0.25, -0.2) is 13.6 Å². The van der Waals surface area contributed by atoms with Crippen LogP contribution < -0.4 is 15.8 Å². The molecule has 2 rings (SSSR count). The van der Waals surface area contributed by atoms with Crippen molar-refractivity contribution >= 4 is 28.3 Å². The SMILES string of the molecule is Cl.NS(=O)(=O)c1ccc(C(=O)NCCCNC2CC2)cc1. The summed E-state index contributed by atoms with van der Waals surface area (Å²) >= 11 is 0. The number of carbonyl (C=O) groups excluding carboxylic acids is 1.